The van der Waals surface area contributed by atoms with Crippen molar-refractivity contribution >= 4 is 11.6 Å². The molecule has 0 heterocycles. The number of nitrogens with zero attached hydrogens (tertiary/aromatic N) is 1. The number of rotatable bonds is 6. The lowest BCUT2D eigenvalue weighted by molar-refractivity contribution is 0.102. The van der Waals surface area contributed by atoms with Crippen molar-refractivity contribution in [3.05, 3.63) is 65.2 Å². The number of para-hydroxylation sites is 1. The molecular formula is C19H24N2O. The van der Waals surface area contributed by atoms with E-state index in [0.717, 1.165) is 30.9 Å². The molecular weight excluding hydrogens is 272 g/mol. The summed E-state index contributed by atoms with van der Waals surface area (Å²) >= 11 is 0. The molecule has 0 saturated heterocycles. The highest BCUT2D eigenvalue weighted by atomic mass is 16.1. The van der Waals surface area contributed by atoms with Gasteiger partial charge in [0.05, 0.1) is 0 Å². The molecule has 0 unspecified atom stereocenters. The smallest absolute Gasteiger partial charge is 0.255 e. The normalized spacial score (nSPS) is 10.7. The summed E-state index contributed by atoms with van der Waals surface area (Å²) in [6, 6.07) is 15.7. The molecule has 2 aromatic carbocycles. The van der Waals surface area contributed by atoms with Crippen molar-refractivity contribution in [1.82, 2.24) is 4.90 Å². The molecule has 0 aliphatic heterocycles. The zero-order valence-electron chi connectivity index (χ0n) is 13.6. The molecule has 0 aliphatic rings. The van der Waals surface area contributed by atoms with Gasteiger partial charge in [0.25, 0.3) is 5.91 Å². The lowest BCUT2D eigenvalue weighted by atomic mass is 10.1. The van der Waals surface area contributed by atoms with Gasteiger partial charge in [-0.15, -0.1) is 0 Å². The third-order valence-corrected chi connectivity index (χ3v) is 3.91. The first-order valence-electron chi connectivity index (χ1n) is 7.82. The summed E-state index contributed by atoms with van der Waals surface area (Å²) in [6.07, 6.45) is 0. The van der Waals surface area contributed by atoms with E-state index in [1.54, 1.807) is 0 Å². The van der Waals surface area contributed by atoms with Crippen LogP contribution in [0.4, 0.5) is 5.69 Å². The van der Waals surface area contributed by atoms with Gasteiger partial charge in [0, 0.05) is 17.8 Å². The zero-order valence-corrected chi connectivity index (χ0v) is 13.6. The molecule has 1 N–H and O–H groups in total. The minimum absolute atomic E-state index is 0.0660. The Hall–Kier alpha value is -2.13. The van der Waals surface area contributed by atoms with Crippen LogP contribution in [0, 0.1) is 6.92 Å². The van der Waals surface area contributed by atoms with Gasteiger partial charge in [-0.2, -0.15) is 0 Å². The van der Waals surface area contributed by atoms with Gasteiger partial charge < -0.3 is 5.32 Å². The summed E-state index contributed by atoms with van der Waals surface area (Å²) in [5.74, 6) is -0.0660. The summed E-state index contributed by atoms with van der Waals surface area (Å²) in [6.45, 7) is 9.30. The Bertz CT molecular complexity index is 616. The first-order valence-corrected chi connectivity index (χ1v) is 7.82. The van der Waals surface area contributed by atoms with Crippen molar-refractivity contribution in [3.63, 3.8) is 0 Å². The van der Waals surface area contributed by atoms with Crippen LogP contribution in [-0.4, -0.2) is 23.9 Å². The number of carbonyl (C=O) groups excluding carboxylic acids is 1. The molecule has 0 radical (unpaired) electrons. The topological polar surface area (TPSA) is 32.3 Å². The van der Waals surface area contributed by atoms with Crippen molar-refractivity contribution in [2.24, 2.45) is 0 Å². The highest BCUT2D eigenvalue weighted by molar-refractivity contribution is 6.04. The fraction of sp³-hybridized carbons (Fsp3) is 0.316. The molecule has 0 spiro atoms. The van der Waals surface area contributed by atoms with Gasteiger partial charge in [0.15, 0.2) is 0 Å². The molecule has 0 saturated carbocycles. The van der Waals surface area contributed by atoms with Crippen molar-refractivity contribution in [2.75, 3.05) is 18.4 Å². The fourth-order valence-corrected chi connectivity index (χ4v) is 2.37. The van der Waals surface area contributed by atoms with Gasteiger partial charge in [-0.25, -0.2) is 0 Å². The second-order valence-electron chi connectivity index (χ2n) is 5.43. The number of amides is 1. The van der Waals surface area contributed by atoms with E-state index in [0.29, 0.717) is 5.56 Å². The second-order valence-corrected chi connectivity index (χ2v) is 5.43. The summed E-state index contributed by atoms with van der Waals surface area (Å²) in [7, 11) is 0. The van der Waals surface area contributed by atoms with Crippen molar-refractivity contribution in [3.8, 4) is 0 Å². The van der Waals surface area contributed by atoms with Crippen LogP contribution in [0.1, 0.15) is 35.3 Å². The standard InChI is InChI=1S/C19H24N2O/c1-4-21(5-2)14-16-10-12-17(13-11-16)19(22)20-18-9-7-6-8-15(18)3/h6-13H,4-5,14H2,1-3H3,(H,20,22). The molecule has 0 aliphatic carbocycles. The molecule has 22 heavy (non-hydrogen) atoms. The van der Waals surface area contributed by atoms with E-state index in [4.69, 9.17) is 0 Å². The first-order chi connectivity index (χ1) is 10.6. The predicted octanol–water partition coefficient (Wildman–Crippen LogP) is 4.09. The van der Waals surface area contributed by atoms with E-state index >= 15 is 0 Å². The van der Waals surface area contributed by atoms with Crippen molar-refractivity contribution in [1.29, 1.82) is 0 Å². The van der Waals surface area contributed by atoms with Gasteiger partial charge >= 0.3 is 0 Å². The quantitative estimate of drug-likeness (QED) is 0.871. The number of aryl methyl sites for hydroxylation is 1. The third-order valence-electron chi connectivity index (χ3n) is 3.91. The highest BCUT2D eigenvalue weighted by Gasteiger charge is 2.08. The summed E-state index contributed by atoms with van der Waals surface area (Å²) < 4.78 is 0. The highest BCUT2D eigenvalue weighted by Crippen LogP contribution is 2.15. The molecule has 2 aromatic rings. The van der Waals surface area contributed by atoms with E-state index in [1.165, 1.54) is 5.56 Å². The fourth-order valence-electron chi connectivity index (χ4n) is 2.37. The molecule has 3 nitrogen and oxygen atoms in total. The Morgan fingerprint density at radius 2 is 1.64 bits per heavy atom. The van der Waals surface area contributed by atoms with Crippen LogP contribution in [0.3, 0.4) is 0 Å². The monoisotopic (exact) mass is 296 g/mol. The third kappa shape index (κ3) is 4.18. The Balaban J connectivity index is 2.04. The van der Waals surface area contributed by atoms with E-state index in [9.17, 15) is 4.79 Å². The molecule has 0 fully saturated rings. The molecule has 116 valence electrons. The van der Waals surface area contributed by atoms with Gasteiger partial charge in [0.1, 0.15) is 0 Å². The summed E-state index contributed by atoms with van der Waals surface area (Å²) in [5, 5.41) is 2.96. The van der Waals surface area contributed by atoms with Crippen molar-refractivity contribution in [2.45, 2.75) is 27.3 Å². The Kier molecular flexibility index (Phi) is 5.73. The van der Waals surface area contributed by atoms with Crippen molar-refractivity contribution < 1.29 is 4.79 Å². The Morgan fingerprint density at radius 1 is 1.00 bits per heavy atom. The summed E-state index contributed by atoms with van der Waals surface area (Å²) in [5.41, 5.74) is 3.84. The zero-order chi connectivity index (χ0) is 15.9. The van der Waals surface area contributed by atoms with Gasteiger partial charge in [-0.3, -0.25) is 9.69 Å². The first kappa shape index (κ1) is 16.2. The largest absolute Gasteiger partial charge is 0.322 e. The Labute approximate surface area is 133 Å². The predicted molar refractivity (Wildman–Crippen MR) is 92.2 cm³/mol. The molecule has 2 rings (SSSR count). The number of benzene rings is 2. The minimum atomic E-state index is -0.0660. The maximum absolute atomic E-state index is 12.3. The molecule has 0 bridgehead atoms. The van der Waals surface area contributed by atoms with E-state index in [2.05, 4.69) is 24.1 Å². The second kappa shape index (κ2) is 7.76. The summed E-state index contributed by atoms with van der Waals surface area (Å²) in [4.78, 5) is 14.6. The number of carbonyl (C=O) groups is 1. The van der Waals surface area contributed by atoms with Gasteiger partial charge in [-0.05, 0) is 49.3 Å². The van der Waals surface area contributed by atoms with E-state index in [1.807, 2.05) is 55.5 Å². The lowest BCUT2D eigenvalue weighted by Gasteiger charge is -2.18. The SMILES string of the molecule is CCN(CC)Cc1ccc(C(=O)Nc2ccccc2C)cc1. The molecule has 0 aromatic heterocycles. The number of hydrogen-bond donors (Lipinski definition) is 1. The van der Waals surface area contributed by atoms with E-state index in [-0.39, 0.29) is 5.91 Å². The van der Waals surface area contributed by atoms with Crippen LogP contribution in [0.2, 0.25) is 0 Å². The number of anilines is 1. The maximum atomic E-state index is 12.3. The van der Waals surface area contributed by atoms with Crippen LogP contribution in [0.15, 0.2) is 48.5 Å². The van der Waals surface area contributed by atoms with Crippen LogP contribution in [-0.2, 0) is 6.54 Å². The lowest BCUT2D eigenvalue weighted by Crippen LogP contribution is -2.22. The number of nitrogens with one attached hydrogen (secondary N) is 1. The molecule has 0 atom stereocenters. The average molecular weight is 296 g/mol. The van der Waals surface area contributed by atoms with Crippen LogP contribution >= 0.6 is 0 Å². The van der Waals surface area contributed by atoms with Crippen LogP contribution < -0.4 is 5.32 Å². The average Bonchev–Trinajstić information content (AvgIpc) is 2.55. The molecule has 1 amide bonds. The minimum Gasteiger partial charge on any atom is -0.322 e. The maximum Gasteiger partial charge on any atom is 0.255 e. The Morgan fingerprint density at radius 3 is 2.23 bits per heavy atom. The molecule has 3 heteroatoms. The number of hydrogen-bond acceptors (Lipinski definition) is 2. The van der Waals surface area contributed by atoms with Crippen LogP contribution in [0.5, 0.6) is 0 Å². The van der Waals surface area contributed by atoms with Gasteiger partial charge in [0.2, 0.25) is 0 Å². The van der Waals surface area contributed by atoms with Gasteiger partial charge in [-0.1, -0.05) is 44.2 Å². The van der Waals surface area contributed by atoms with E-state index < -0.39 is 0 Å². The van der Waals surface area contributed by atoms with Crippen LogP contribution in [0.25, 0.3) is 0 Å².